The van der Waals surface area contributed by atoms with Crippen LogP contribution in [-0.2, 0) is 14.3 Å². The van der Waals surface area contributed by atoms with E-state index in [1.807, 2.05) is 0 Å². The summed E-state index contributed by atoms with van der Waals surface area (Å²) in [6.07, 6.45) is -2.23. The van der Waals surface area contributed by atoms with E-state index >= 15 is 0 Å². The van der Waals surface area contributed by atoms with Gasteiger partial charge in [0.25, 0.3) is 0 Å². The number of aliphatic hydroxyl groups excluding tert-OH is 1. The van der Waals surface area contributed by atoms with Gasteiger partial charge in [0.15, 0.2) is 6.23 Å². The summed E-state index contributed by atoms with van der Waals surface area (Å²) in [5, 5.41) is 15.1. The summed E-state index contributed by atoms with van der Waals surface area (Å²) in [6.45, 7) is 1.22. The zero-order chi connectivity index (χ0) is 16.5. The Kier molecular flexibility index (Phi) is 4.93. The molecule has 3 unspecified atom stereocenters. The Balaban J connectivity index is 2.28. The van der Waals surface area contributed by atoms with Gasteiger partial charge in [0.05, 0.1) is 18.8 Å². The number of hydrogen-bond donors (Lipinski definition) is 2. The smallest absolute Gasteiger partial charge is 0.328 e. The summed E-state index contributed by atoms with van der Waals surface area (Å²) in [5.74, 6) is -0.524. The normalized spacial score (nSPS) is 38.6. The lowest BCUT2D eigenvalue weighted by Gasteiger charge is -2.44. The van der Waals surface area contributed by atoms with Crippen molar-refractivity contribution in [2.24, 2.45) is 5.11 Å². The highest BCUT2D eigenvalue weighted by molar-refractivity contribution is 9.10. The molecule has 10 nitrogen and oxygen atoms in total. The first-order valence-corrected chi connectivity index (χ1v) is 7.32. The minimum atomic E-state index is -1.16. The molecule has 0 spiro atoms. The van der Waals surface area contributed by atoms with E-state index in [0.29, 0.717) is 0 Å². The number of imide groups is 1. The molecule has 2 rings (SSSR count). The second-order valence-electron chi connectivity index (χ2n) is 5.15. The van der Waals surface area contributed by atoms with Crippen LogP contribution in [-0.4, -0.2) is 64.6 Å². The molecule has 5 atom stereocenters. The first-order chi connectivity index (χ1) is 10.4. The fourth-order valence-corrected chi connectivity index (χ4v) is 3.13. The van der Waals surface area contributed by atoms with Crippen molar-refractivity contribution in [1.29, 1.82) is 0 Å². The average molecular weight is 378 g/mol. The number of rotatable bonds is 4. The number of ether oxygens (including phenoxy) is 2. The van der Waals surface area contributed by atoms with Crippen molar-refractivity contribution >= 4 is 27.9 Å². The van der Waals surface area contributed by atoms with E-state index in [4.69, 9.17) is 15.0 Å². The molecule has 0 radical (unpaired) electrons. The van der Waals surface area contributed by atoms with Crippen molar-refractivity contribution in [1.82, 2.24) is 10.2 Å². The largest absolute Gasteiger partial charge is 0.394 e. The summed E-state index contributed by atoms with van der Waals surface area (Å²) in [6, 6.07) is -1.28. The molecule has 122 valence electrons. The molecule has 2 N–H and O–H groups in total. The summed E-state index contributed by atoms with van der Waals surface area (Å²) in [7, 11) is 1.37. The molecule has 0 aliphatic carbocycles. The number of halogens is 1. The van der Waals surface area contributed by atoms with E-state index in [-0.39, 0.29) is 13.0 Å². The van der Waals surface area contributed by atoms with Crippen molar-refractivity contribution < 1.29 is 24.2 Å². The van der Waals surface area contributed by atoms with Crippen molar-refractivity contribution in [2.75, 3.05) is 13.7 Å². The number of amides is 3. The van der Waals surface area contributed by atoms with E-state index in [1.165, 1.54) is 12.0 Å². The summed E-state index contributed by atoms with van der Waals surface area (Å²) in [5.41, 5.74) is 8.56. The lowest BCUT2D eigenvalue weighted by atomic mass is 10.0. The van der Waals surface area contributed by atoms with E-state index in [1.54, 1.807) is 6.92 Å². The number of carbonyl (C=O) groups is 2. The van der Waals surface area contributed by atoms with E-state index in [9.17, 15) is 14.7 Å². The van der Waals surface area contributed by atoms with Gasteiger partial charge in [-0.3, -0.25) is 15.0 Å². The van der Waals surface area contributed by atoms with Gasteiger partial charge in [0.2, 0.25) is 5.91 Å². The van der Waals surface area contributed by atoms with Crippen LogP contribution in [0.4, 0.5) is 4.79 Å². The van der Waals surface area contributed by atoms with Crippen LogP contribution in [0.2, 0.25) is 0 Å². The highest BCUT2D eigenvalue weighted by Crippen LogP contribution is 2.35. The van der Waals surface area contributed by atoms with Gasteiger partial charge in [-0.25, -0.2) is 4.79 Å². The molecule has 0 bridgehead atoms. The number of azide groups is 1. The predicted octanol–water partition coefficient (Wildman–Crippen LogP) is 0.451. The minimum Gasteiger partial charge on any atom is -0.394 e. The number of alkyl halides is 1. The third kappa shape index (κ3) is 2.77. The zero-order valence-electron chi connectivity index (χ0n) is 12.0. The van der Waals surface area contributed by atoms with Gasteiger partial charge in [-0.1, -0.05) is 21.0 Å². The second-order valence-corrected chi connectivity index (χ2v) is 6.80. The fourth-order valence-electron chi connectivity index (χ4n) is 2.62. The Morgan fingerprint density at radius 3 is 2.91 bits per heavy atom. The molecular weight excluding hydrogens is 362 g/mol. The van der Waals surface area contributed by atoms with Crippen LogP contribution >= 0.6 is 15.9 Å². The zero-order valence-corrected chi connectivity index (χ0v) is 13.6. The molecule has 2 aliphatic rings. The van der Waals surface area contributed by atoms with Crippen molar-refractivity contribution in [2.45, 2.75) is 42.3 Å². The standard InChI is InChI=1S/C11H16BrN5O5/c1-11(12)8(19)14-10(20)17(9(11)21-2)7-3-5(15-16-13)6(4-18)22-7/h5-7,9,18H,3-4H2,1-2H3,(H,14,19,20)/t5?,6?,7?,9-,11+/m0/s1. The predicted molar refractivity (Wildman–Crippen MR) is 76.8 cm³/mol. The molecule has 0 aromatic heterocycles. The topological polar surface area (TPSA) is 137 Å². The van der Waals surface area contributed by atoms with Gasteiger partial charge in [-0.15, -0.1) is 0 Å². The average Bonchev–Trinajstić information content (AvgIpc) is 2.85. The Hall–Kier alpha value is -1.39. The van der Waals surface area contributed by atoms with Crippen LogP contribution in [0, 0.1) is 0 Å². The number of urea groups is 1. The molecule has 0 aromatic carbocycles. The van der Waals surface area contributed by atoms with Gasteiger partial charge in [-0.2, -0.15) is 0 Å². The van der Waals surface area contributed by atoms with Crippen molar-refractivity contribution in [3.8, 4) is 0 Å². The third-order valence-corrected chi connectivity index (χ3v) is 4.48. The van der Waals surface area contributed by atoms with Gasteiger partial charge >= 0.3 is 6.03 Å². The van der Waals surface area contributed by atoms with Crippen LogP contribution in [0.15, 0.2) is 5.11 Å². The minimum absolute atomic E-state index is 0.194. The Labute approximate surface area is 134 Å². The van der Waals surface area contributed by atoms with Gasteiger partial charge in [-0.05, 0) is 12.5 Å². The molecular formula is C11H16BrN5O5. The SMILES string of the molecule is CO[C@@H]1N(C2CC(N=[N+]=[N-])C(CO)O2)C(=O)NC(=O)[C@@]1(C)Br. The molecule has 0 saturated carbocycles. The molecule has 11 heteroatoms. The monoisotopic (exact) mass is 377 g/mol. The molecule has 2 saturated heterocycles. The summed E-state index contributed by atoms with van der Waals surface area (Å²) < 4.78 is 9.71. The number of nitrogens with zero attached hydrogens (tertiary/aromatic N) is 4. The third-order valence-electron chi connectivity index (χ3n) is 3.73. The Morgan fingerprint density at radius 1 is 1.68 bits per heavy atom. The van der Waals surface area contributed by atoms with Crippen LogP contribution < -0.4 is 5.32 Å². The first-order valence-electron chi connectivity index (χ1n) is 6.52. The molecule has 2 aliphatic heterocycles. The maximum Gasteiger partial charge on any atom is 0.328 e. The highest BCUT2D eigenvalue weighted by atomic mass is 79.9. The van der Waals surface area contributed by atoms with Gasteiger partial charge < -0.3 is 14.6 Å². The number of aliphatic hydroxyl groups is 1. The number of hydrogen-bond acceptors (Lipinski definition) is 6. The van der Waals surface area contributed by atoms with Crippen LogP contribution in [0.3, 0.4) is 0 Å². The molecule has 3 amide bonds. The van der Waals surface area contributed by atoms with Crippen molar-refractivity contribution in [3.63, 3.8) is 0 Å². The van der Waals surface area contributed by atoms with Crippen molar-refractivity contribution in [3.05, 3.63) is 10.4 Å². The summed E-state index contributed by atoms with van der Waals surface area (Å²) >= 11 is 3.26. The maximum absolute atomic E-state index is 12.2. The summed E-state index contributed by atoms with van der Waals surface area (Å²) in [4.78, 5) is 28.0. The molecule has 0 aromatic rings. The van der Waals surface area contributed by atoms with E-state index in [2.05, 4.69) is 31.3 Å². The number of carbonyl (C=O) groups excluding carboxylic acids is 2. The lowest BCUT2D eigenvalue weighted by molar-refractivity contribution is -0.153. The van der Waals surface area contributed by atoms with Crippen LogP contribution in [0.25, 0.3) is 10.4 Å². The number of nitrogens with one attached hydrogen (secondary N) is 1. The number of methoxy groups -OCH3 is 1. The molecule has 22 heavy (non-hydrogen) atoms. The highest BCUT2D eigenvalue weighted by Gasteiger charge is 2.54. The Bertz CT molecular complexity index is 523. The molecule has 2 heterocycles. The quantitative estimate of drug-likeness (QED) is 0.317. The van der Waals surface area contributed by atoms with Gasteiger partial charge in [0.1, 0.15) is 10.6 Å². The van der Waals surface area contributed by atoms with E-state index in [0.717, 1.165) is 0 Å². The molecule has 2 fully saturated rings. The van der Waals surface area contributed by atoms with Gasteiger partial charge in [0, 0.05) is 18.4 Å². The Morgan fingerprint density at radius 2 is 2.36 bits per heavy atom. The first kappa shape index (κ1) is 17.0. The maximum atomic E-state index is 12.2. The lowest BCUT2D eigenvalue weighted by Crippen LogP contribution is -2.69. The van der Waals surface area contributed by atoms with E-state index < -0.39 is 40.9 Å². The second kappa shape index (κ2) is 6.39. The van der Waals surface area contributed by atoms with Crippen LogP contribution in [0.1, 0.15) is 13.3 Å². The van der Waals surface area contributed by atoms with Crippen LogP contribution in [0.5, 0.6) is 0 Å². The fraction of sp³-hybridized carbons (Fsp3) is 0.818.